The second-order valence-corrected chi connectivity index (χ2v) is 4.40. The molecule has 0 bridgehead atoms. The first-order valence-corrected chi connectivity index (χ1v) is 5.93. The van der Waals surface area contributed by atoms with Crippen LogP contribution in [0, 0.1) is 6.92 Å². The van der Waals surface area contributed by atoms with Gasteiger partial charge in [0.15, 0.2) is 0 Å². The van der Waals surface area contributed by atoms with Crippen molar-refractivity contribution in [1.29, 1.82) is 0 Å². The Morgan fingerprint density at radius 3 is 2.73 bits per heavy atom. The monoisotopic (exact) mass is 208 g/mol. The molecule has 84 valence electrons. The molecule has 2 N–H and O–H groups in total. The van der Waals surface area contributed by atoms with Crippen LogP contribution in [-0.2, 0) is 6.42 Å². The molecule has 0 amide bonds. The van der Waals surface area contributed by atoms with Crippen LogP contribution in [0.1, 0.15) is 49.5 Å². The normalized spacial score (nSPS) is 18.3. The number of nitrogens with two attached hydrogens (primary N) is 1. The molecule has 1 saturated carbocycles. The van der Waals surface area contributed by atoms with E-state index in [0.29, 0.717) is 12.6 Å². The van der Waals surface area contributed by atoms with Crippen molar-refractivity contribution in [2.75, 3.05) is 6.54 Å². The molecule has 0 unspecified atom stereocenters. The van der Waals surface area contributed by atoms with Gasteiger partial charge in [-0.25, -0.2) is 4.68 Å². The molecule has 1 heterocycles. The Morgan fingerprint density at radius 1 is 1.33 bits per heavy atom. The average Bonchev–Trinajstić information content (AvgIpc) is 2.63. The van der Waals surface area contributed by atoms with E-state index in [9.17, 15) is 0 Å². The Labute approximate surface area is 90.8 Å². The van der Waals surface area contributed by atoms with Gasteiger partial charge >= 0.3 is 0 Å². The smallest absolute Gasteiger partial charge is 0.0868 e. The lowest BCUT2D eigenvalue weighted by Gasteiger charge is -2.22. The van der Waals surface area contributed by atoms with Crippen molar-refractivity contribution in [2.24, 2.45) is 5.73 Å². The van der Waals surface area contributed by atoms with Crippen molar-refractivity contribution in [3.63, 3.8) is 0 Å². The van der Waals surface area contributed by atoms with Gasteiger partial charge in [-0.15, -0.1) is 5.10 Å². The van der Waals surface area contributed by atoms with E-state index in [1.807, 2.05) is 0 Å². The third-order valence-corrected chi connectivity index (χ3v) is 3.32. The minimum atomic E-state index is 0.581. The highest BCUT2D eigenvalue weighted by molar-refractivity contribution is 5.09. The van der Waals surface area contributed by atoms with Gasteiger partial charge in [0.2, 0.25) is 0 Å². The summed E-state index contributed by atoms with van der Waals surface area (Å²) in [5, 5.41) is 8.48. The molecule has 15 heavy (non-hydrogen) atoms. The van der Waals surface area contributed by atoms with E-state index in [4.69, 9.17) is 5.73 Å². The van der Waals surface area contributed by atoms with Gasteiger partial charge in [0.05, 0.1) is 17.4 Å². The number of hydrogen-bond donors (Lipinski definition) is 1. The minimum absolute atomic E-state index is 0.581. The summed E-state index contributed by atoms with van der Waals surface area (Å²) in [6.07, 6.45) is 7.39. The molecule has 0 spiro atoms. The van der Waals surface area contributed by atoms with E-state index in [0.717, 1.165) is 12.1 Å². The summed E-state index contributed by atoms with van der Waals surface area (Å²) in [5.74, 6) is 0. The number of rotatable bonds is 3. The molecule has 4 nitrogen and oxygen atoms in total. The number of aromatic nitrogens is 3. The molecule has 0 aromatic carbocycles. The van der Waals surface area contributed by atoms with Crippen molar-refractivity contribution in [2.45, 2.75) is 51.5 Å². The Bertz CT molecular complexity index is 312. The minimum Gasteiger partial charge on any atom is -0.330 e. The van der Waals surface area contributed by atoms with Crippen LogP contribution in [0.15, 0.2) is 0 Å². The van der Waals surface area contributed by atoms with Gasteiger partial charge in [-0.1, -0.05) is 24.5 Å². The molecule has 0 atom stereocenters. The van der Waals surface area contributed by atoms with E-state index < -0.39 is 0 Å². The quantitative estimate of drug-likeness (QED) is 0.820. The van der Waals surface area contributed by atoms with E-state index in [1.54, 1.807) is 0 Å². The summed E-state index contributed by atoms with van der Waals surface area (Å²) in [6.45, 7) is 2.77. The molecule has 1 fully saturated rings. The fourth-order valence-corrected chi connectivity index (χ4v) is 2.41. The molecule has 1 aliphatic carbocycles. The van der Waals surface area contributed by atoms with Gasteiger partial charge in [-0.05, 0) is 26.3 Å². The van der Waals surface area contributed by atoms with Gasteiger partial charge in [-0.3, -0.25) is 0 Å². The molecule has 1 aromatic heterocycles. The van der Waals surface area contributed by atoms with Crippen molar-refractivity contribution in [1.82, 2.24) is 15.0 Å². The fourth-order valence-electron chi connectivity index (χ4n) is 2.41. The molecule has 1 aromatic rings. The predicted octanol–water partition coefficient (Wildman–Crippen LogP) is 1.59. The van der Waals surface area contributed by atoms with Crippen LogP contribution < -0.4 is 5.73 Å². The maximum Gasteiger partial charge on any atom is 0.0868 e. The Hall–Kier alpha value is -0.900. The van der Waals surface area contributed by atoms with Gasteiger partial charge in [0.25, 0.3) is 0 Å². The summed E-state index contributed by atoms with van der Waals surface area (Å²) >= 11 is 0. The fraction of sp³-hybridized carbons (Fsp3) is 0.818. The third kappa shape index (κ3) is 2.20. The lowest BCUT2D eigenvalue weighted by atomic mass is 9.95. The van der Waals surface area contributed by atoms with Crippen LogP contribution in [-0.4, -0.2) is 21.5 Å². The maximum absolute atomic E-state index is 5.54. The zero-order valence-electron chi connectivity index (χ0n) is 9.45. The second-order valence-electron chi connectivity index (χ2n) is 4.40. The summed E-state index contributed by atoms with van der Waals surface area (Å²) in [4.78, 5) is 0. The van der Waals surface area contributed by atoms with Crippen LogP contribution in [0.25, 0.3) is 0 Å². The summed E-state index contributed by atoms with van der Waals surface area (Å²) < 4.78 is 2.12. The molecule has 1 aliphatic rings. The Balaban J connectivity index is 2.13. The summed E-state index contributed by atoms with van der Waals surface area (Å²) in [6, 6.07) is 0.581. The van der Waals surface area contributed by atoms with Crippen LogP contribution in [0.4, 0.5) is 0 Å². The van der Waals surface area contributed by atoms with Crippen LogP contribution >= 0.6 is 0 Å². The SMILES string of the molecule is Cc1c(CCN)nnn1C1CCCCC1. The zero-order chi connectivity index (χ0) is 10.7. The molecule has 0 saturated heterocycles. The lowest BCUT2D eigenvalue weighted by Crippen LogP contribution is -2.15. The van der Waals surface area contributed by atoms with Crippen molar-refractivity contribution < 1.29 is 0 Å². The van der Waals surface area contributed by atoms with E-state index in [1.165, 1.54) is 37.8 Å². The largest absolute Gasteiger partial charge is 0.330 e. The highest BCUT2D eigenvalue weighted by atomic mass is 15.4. The van der Waals surface area contributed by atoms with Crippen molar-refractivity contribution in [3.8, 4) is 0 Å². The van der Waals surface area contributed by atoms with Gasteiger partial charge in [0, 0.05) is 6.42 Å². The number of hydrogen-bond acceptors (Lipinski definition) is 3. The van der Waals surface area contributed by atoms with Crippen molar-refractivity contribution in [3.05, 3.63) is 11.4 Å². The maximum atomic E-state index is 5.54. The third-order valence-electron chi connectivity index (χ3n) is 3.32. The van der Waals surface area contributed by atoms with Gasteiger partial charge in [-0.2, -0.15) is 0 Å². The zero-order valence-corrected chi connectivity index (χ0v) is 9.45. The van der Waals surface area contributed by atoms with Crippen LogP contribution in [0.2, 0.25) is 0 Å². The van der Waals surface area contributed by atoms with Gasteiger partial charge < -0.3 is 5.73 Å². The average molecular weight is 208 g/mol. The van der Waals surface area contributed by atoms with E-state index in [-0.39, 0.29) is 0 Å². The summed E-state index contributed by atoms with van der Waals surface area (Å²) in [7, 11) is 0. The Morgan fingerprint density at radius 2 is 2.07 bits per heavy atom. The van der Waals surface area contributed by atoms with Crippen LogP contribution in [0.3, 0.4) is 0 Å². The first-order valence-electron chi connectivity index (χ1n) is 5.93. The van der Waals surface area contributed by atoms with Crippen LogP contribution in [0.5, 0.6) is 0 Å². The van der Waals surface area contributed by atoms with Crippen molar-refractivity contribution >= 4 is 0 Å². The highest BCUT2D eigenvalue weighted by Crippen LogP contribution is 2.28. The first kappa shape index (κ1) is 10.6. The standard InChI is InChI=1S/C11H20N4/c1-9-11(7-8-12)13-14-15(9)10-5-3-2-4-6-10/h10H,2-8,12H2,1H3. The topological polar surface area (TPSA) is 56.7 Å². The molecule has 0 radical (unpaired) electrons. The first-order chi connectivity index (χ1) is 7.33. The Kier molecular flexibility index (Phi) is 3.36. The highest BCUT2D eigenvalue weighted by Gasteiger charge is 2.19. The van der Waals surface area contributed by atoms with E-state index in [2.05, 4.69) is 21.9 Å². The molecule has 2 rings (SSSR count). The van der Waals surface area contributed by atoms with E-state index >= 15 is 0 Å². The van der Waals surface area contributed by atoms with Gasteiger partial charge in [0.1, 0.15) is 0 Å². The summed E-state index contributed by atoms with van der Waals surface area (Å²) in [5.41, 5.74) is 7.83. The molecular weight excluding hydrogens is 188 g/mol. The molecule has 0 aliphatic heterocycles. The number of nitrogens with zero attached hydrogens (tertiary/aromatic N) is 3. The molecular formula is C11H20N4. The molecule has 4 heteroatoms. The second kappa shape index (κ2) is 4.75. The predicted molar refractivity (Wildman–Crippen MR) is 59.6 cm³/mol. The lowest BCUT2D eigenvalue weighted by molar-refractivity contribution is 0.319.